The van der Waals surface area contributed by atoms with Crippen LogP contribution in [-0.2, 0) is 23.8 Å². The fourth-order valence-electron chi connectivity index (χ4n) is 5.71. The molecule has 0 aromatic carbocycles. The highest BCUT2D eigenvalue weighted by Gasteiger charge is 2.17. The van der Waals surface area contributed by atoms with Crippen molar-refractivity contribution in [2.75, 3.05) is 19.8 Å². The normalized spacial score (nSPS) is 13.7. The fraction of sp³-hybridized carbons (Fsp3) is 0.492. The summed E-state index contributed by atoms with van der Waals surface area (Å²) in [6.45, 7) is 7.21. The number of esters is 2. The van der Waals surface area contributed by atoms with E-state index in [9.17, 15) is 9.59 Å². The number of ether oxygens (including phenoxy) is 3. The molecular weight excluding hydrogens is 789 g/mol. The van der Waals surface area contributed by atoms with Crippen LogP contribution in [0.4, 0.5) is 0 Å². The van der Waals surface area contributed by atoms with E-state index >= 15 is 0 Å². The Morgan fingerprint density at radius 1 is 0.344 bits per heavy atom. The van der Waals surface area contributed by atoms with E-state index in [1.54, 1.807) is 0 Å². The van der Waals surface area contributed by atoms with Gasteiger partial charge in [-0.3, -0.25) is 9.59 Å². The Kier molecular flexibility index (Phi) is 48.7. The molecule has 0 aliphatic heterocycles. The van der Waals surface area contributed by atoms with Crippen molar-refractivity contribution in [3.63, 3.8) is 0 Å². The lowest BCUT2D eigenvalue weighted by atomic mass is 10.2. The molecule has 1 atom stereocenters. The van der Waals surface area contributed by atoms with Crippen LogP contribution in [0.2, 0.25) is 0 Å². The van der Waals surface area contributed by atoms with Crippen molar-refractivity contribution >= 4 is 11.9 Å². The standard InChI is InChI=1S/C59H88O5/c1-4-7-10-13-16-19-22-25-27-29-30-31-32-35-37-40-43-46-49-52-58(60)63-56-57(64-59(61)53-50-47-44-41-38-34-24-21-18-15-12-9-6-3)55-62-54-51-48-45-42-39-36-33-28-26-23-20-17-14-11-8-5-2/h7-12,16-21,25-28,30-31,34-39,43-44,46-47,57H,4-6,13-15,22-24,29,32-33,40-42,45,48-56H2,1-3H3/b10-7-,11-8-,12-9-,19-16-,20-17-,21-18-,27-25-,28-26-,31-30-,37-35-,38-34-,39-36-,46-43-,47-44-. The highest BCUT2D eigenvalue weighted by atomic mass is 16.6. The van der Waals surface area contributed by atoms with Gasteiger partial charge in [-0.25, -0.2) is 0 Å². The first kappa shape index (κ1) is 59.3. The molecule has 0 fully saturated rings. The highest BCUT2D eigenvalue weighted by Crippen LogP contribution is 2.07. The Morgan fingerprint density at radius 2 is 0.656 bits per heavy atom. The first-order chi connectivity index (χ1) is 31.6. The van der Waals surface area contributed by atoms with Gasteiger partial charge in [-0.15, -0.1) is 0 Å². The van der Waals surface area contributed by atoms with Crippen molar-refractivity contribution in [1.82, 2.24) is 0 Å². The molecule has 0 saturated carbocycles. The quantitative estimate of drug-likeness (QED) is 0.0347. The predicted molar refractivity (Wildman–Crippen MR) is 278 cm³/mol. The maximum Gasteiger partial charge on any atom is 0.306 e. The van der Waals surface area contributed by atoms with Gasteiger partial charge in [0.15, 0.2) is 6.10 Å². The van der Waals surface area contributed by atoms with Gasteiger partial charge in [0.25, 0.3) is 0 Å². The van der Waals surface area contributed by atoms with Crippen LogP contribution in [0.15, 0.2) is 170 Å². The Labute approximate surface area is 392 Å². The van der Waals surface area contributed by atoms with Gasteiger partial charge in [-0.2, -0.15) is 0 Å². The summed E-state index contributed by atoms with van der Waals surface area (Å²) in [4.78, 5) is 25.3. The largest absolute Gasteiger partial charge is 0.462 e. The summed E-state index contributed by atoms with van der Waals surface area (Å²) in [7, 11) is 0. The van der Waals surface area contributed by atoms with Crippen LogP contribution in [0.1, 0.15) is 162 Å². The summed E-state index contributed by atoms with van der Waals surface area (Å²) < 4.78 is 17.2. The maximum atomic E-state index is 12.7. The van der Waals surface area contributed by atoms with Crippen LogP contribution < -0.4 is 0 Å². The van der Waals surface area contributed by atoms with Crippen molar-refractivity contribution in [2.24, 2.45) is 0 Å². The molecule has 0 spiro atoms. The zero-order valence-corrected chi connectivity index (χ0v) is 40.5. The van der Waals surface area contributed by atoms with Gasteiger partial charge < -0.3 is 14.2 Å². The third-order valence-corrected chi connectivity index (χ3v) is 9.26. The minimum atomic E-state index is -0.635. The second-order valence-electron chi connectivity index (χ2n) is 15.2. The summed E-state index contributed by atoms with van der Waals surface area (Å²) in [5.41, 5.74) is 0. The van der Waals surface area contributed by atoms with E-state index in [0.29, 0.717) is 19.4 Å². The number of carbonyl (C=O) groups excluding carboxylic acids is 2. The lowest BCUT2D eigenvalue weighted by Crippen LogP contribution is -2.30. The summed E-state index contributed by atoms with van der Waals surface area (Å²) in [6, 6.07) is 0. The van der Waals surface area contributed by atoms with E-state index in [2.05, 4.69) is 179 Å². The molecule has 0 aliphatic rings. The van der Waals surface area contributed by atoms with Crippen molar-refractivity contribution in [2.45, 2.75) is 168 Å². The second-order valence-corrected chi connectivity index (χ2v) is 15.2. The van der Waals surface area contributed by atoms with Crippen LogP contribution in [0.5, 0.6) is 0 Å². The van der Waals surface area contributed by atoms with Gasteiger partial charge in [0.05, 0.1) is 6.61 Å². The minimum absolute atomic E-state index is 0.00980. The van der Waals surface area contributed by atoms with Gasteiger partial charge in [0, 0.05) is 19.4 Å². The Morgan fingerprint density at radius 3 is 1.02 bits per heavy atom. The maximum absolute atomic E-state index is 12.7. The molecular formula is C59H88O5. The Bertz CT molecular complexity index is 1500. The second kappa shape index (κ2) is 52.6. The molecule has 0 N–H and O–H groups in total. The van der Waals surface area contributed by atoms with Crippen molar-refractivity contribution in [3.8, 4) is 0 Å². The summed E-state index contributed by atoms with van der Waals surface area (Å²) in [5.74, 6) is -0.626. The fourth-order valence-corrected chi connectivity index (χ4v) is 5.71. The van der Waals surface area contributed by atoms with E-state index in [1.807, 2.05) is 12.2 Å². The first-order valence-corrected chi connectivity index (χ1v) is 24.7. The van der Waals surface area contributed by atoms with E-state index in [1.165, 1.54) is 0 Å². The molecule has 5 heteroatoms. The number of hydrogen-bond donors (Lipinski definition) is 0. The SMILES string of the molecule is CC/C=C\C/C=C\C/C=C\C/C=C\C/C=C\C/C=C\CCC(=O)OCC(COCCCCC/C=C\C/C=C\C/C=C\C/C=C\CC)OC(=O)CC/C=C\C/C=C\C/C=C\C/C=C\CC. The van der Waals surface area contributed by atoms with Crippen molar-refractivity contribution in [3.05, 3.63) is 170 Å². The van der Waals surface area contributed by atoms with Gasteiger partial charge in [0.2, 0.25) is 0 Å². The molecule has 0 heterocycles. The van der Waals surface area contributed by atoms with Gasteiger partial charge in [-0.1, -0.05) is 197 Å². The van der Waals surface area contributed by atoms with Crippen LogP contribution in [-0.4, -0.2) is 37.9 Å². The zero-order valence-electron chi connectivity index (χ0n) is 40.5. The number of carbonyl (C=O) groups is 2. The molecule has 0 radical (unpaired) electrons. The lowest BCUT2D eigenvalue weighted by molar-refractivity contribution is -0.162. The Balaban J connectivity index is 4.57. The average Bonchev–Trinajstić information content (AvgIpc) is 3.30. The number of rotatable bonds is 42. The molecule has 0 aromatic heterocycles. The molecule has 0 aromatic rings. The zero-order chi connectivity index (χ0) is 46.3. The van der Waals surface area contributed by atoms with Crippen LogP contribution in [0, 0.1) is 0 Å². The molecule has 1 unspecified atom stereocenters. The smallest absolute Gasteiger partial charge is 0.306 e. The van der Waals surface area contributed by atoms with E-state index < -0.39 is 6.10 Å². The molecule has 0 bridgehead atoms. The van der Waals surface area contributed by atoms with Gasteiger partial charge >= 0.3 is 11.9 Å². The van der Waals surface area contributed by atoms with Crippen LogP contribution >= 0.6 is 0 Å². The monoisotopic (exact) mass is 877 g/mol. The molecule has 0 rings (SSSR count). The predicted octanol–water partition coefficient (Wildman–Crippen LogP) is 16.9. The van der Waals surface area contributed by atoms with Gasteiger partial charge in [0.1, 0.15) is 6.61 Å². The van der Waals surface area contributed by atoms with Crippen molar-refractivity contribution in [1.29, 1.82) is 0 Å². The summed E-state index contributed by atoms with van der Waals surface area (Å²) >= 11 is 0. The topological polar surface area (TPSA) is 61.8 Å². The van der Waals surface area contributed by atoms with E-state index in [-0.39, 0.29) is 38.0 Å². The summed E-state index contributed by atoms with van der Waals surface area (Å²) in [5, 5.41) is 0. The molecule has 5 nitrogen and oxygen atoms in total. The van der Waals surface area contributed by atoms with Gasteiger partial charge in [-0.05, 0) is 122 Å². The summed E-state index contributed by atoms with van der Waals surface area (Å²) in [6.07, 6.45) is 79.6. The molecule has 354 valence electrons. The molecule has 0 saturated heterocycles. The average molecular weight is 877 g/mol. The molecule has 0 aliphatic carbocycles. The van der Waals surface area contributed by atoms with E-state index in [0.717, 1.165) is 116 Å². The number of unbranched alkanes of at least 4 members (excludes halogenated alkanes) is 3. The van der Waals surface area contributed by atoms with E-state index in [4.69, 9.17) is 14.2 Å². The number of allylic oxidation sites excluding steroid dienone is 28. The van der Waals surface area contributed by atoms with Crippen LogP contribution in [0.3, 0.4) is 0 Å². The lowest BCUT2D eigenvalue weighted by Gasteiger charge is -2.18. The first-order valence-electron chi connectivity index (χ1n) is 24.7. The molecule has 64 heavy (non-hydrogen) atoms. The third-order valence-electron chi connectivity index (χ3n) is 9.26. The molecule has 0 amide bonds. The highest BCUT2D eigenvalue weighted by molar-refractivity contribution is 5.70. The Hall–Kier alpha value is -4.74. The number of hydrogen-bond acceptors (Lipinski definition) is 5. The van der Waals surface area contributed by atoms with Crippen molar-refractivity contribution < 1.29 is 23.8 Å². The minimum Gasteiger partial charge on any atom is -0.462 e. The third kappa shape index (κ3) is 49.9. The van der Waals surface area contributed by atoms with Crippen LogP contribution in [0.25, 0.3) is 0 Å².